The van der Waals surface area contributed by atoms with Gasteiger partial charge in [0.25, 0.3) is 0 Å². The van der Waals surface area contributed by atoms with Gasteiger partial charge in [0.1, 0.15) is 5.88 Å². The van der Waals surface area contributed by atoms with Gasteiger partial charge in [-0.05, 0) is 18.2 Å². The number of rotatable bonds is 3. The summed E-state index contributed by atoms with van der Waals surface area (Å²) in [6, 6.07) is 7.34. The van der Waals surface area contributed by atoms with Crippen LogP contribution in [0.15, 0.2) is 28.7 Å². The normalized spacial score (nSPS) is 10.2. The van der Waals surface area contributed by atoms with Gasteiger partial charge in [0.2, 0.25) is 0 Å². The number of benzene rings is 1. The Kier molecular flexibility index (Phi) is 3.55. The van der Waals surface area contributed by atoms with Crippen molar-refractivity contribution in [1.82, 2.24) is 0 Å². The van der Waals surface area contributed by atoms with Gasteiger partial charge in [-0.1, -0.05) is 22.0 Å². The van der Waals surface area contributed by atoms with Crippen LogP contribution in [0.25, 0.3) is 0 Å². The third kappa shape index (κ3) is 3.23. The van der Waals surface area contributed by atoms with E-state index in [0.29, 0.717) is 0 Å². The summed E-state index contributed by atoms with van der Waals surface area (Å²) in [5.41, 5.74) is 0.795. The summed E-state index contributed by atoms with van der Waals surface area (Å²) >= 11 is 3.28. The molecular formula is C7H8BrNO2S. The van der Waals surface area contributed by atoms with E-state index in [2.05, 4.69) is 21.2 Å². The van der Waals surface area contributed by atoms with E-state index in [0.717, 1.165) is 10.2 Å². The van der Waals surface area contributed by atoms with Crippen LogP contribution in [0.1, 0.15) is 0 Å². The minimum Gasteiger partial charge on any atom is -0.372 e. The van der Waals surface area contributed by atoms with Crippen LogP contribution in [-0.4, -0.2) is 14.3 Å². The van der Waals surface area contributed by atoms with E-state index in [1.807, 2.05) is 24.3 Å². The summed E-state index contributed by atoms with van der Waals surface area (Å²) in [5.74, 6) is -0.0220. The molecule has 0 saturated heterocycles. The molecular weight excluding hydrogens is 242 g/mol. The second kappa shape index (κ2) is 4.47. The Morgan fingerprint density at radius 2 is 2.17 bits per heavy atom. The molecule has 0 radical (unpaired) electrons. The highest BCUT2D eigenvalue weighted by Gasteiger charge is 1.91. The smallest absolute Gasteiger partial charge is 0.158 e. The Morgan fingerprint density at radius 3 is 2.75 bits per heavy atom. The minimum atomic E-state index is -2.36. The summed E-state index contributed by atoms with van der Waals surface area (Å²) in [4.78, 5) is 0. The van der Waals surface area contributed by atoms with Crippen LogP contribution < -0.4 is 5.32 Å². The van der Waals surface area contributed by atoms with Gasteiger partial charge in [-0.15, -0.1) is 0 Å². The second-order valence-corrected chi connectivity index (χ2v) is 4.08. The maximum Gasteiger partial charge on any atom is 0.158 e. The molecule has 1 aromatic rings. The van der Waals surface area contributed by atoms with E-state index >= 15 is 0 Å². The molecule has 12 heavy (non-hydrogen) atoms. The Balaban J connectivity index is 2.63. The van der Waals surface area contributed by atoms with Crippen LogP contribution in [0.3, 0.4) is 0 Å². The van der Waals surface area contributed by atoms with Gasteiger partial charge in [-0.3, -0.25) is 0 Å². The fourth-order valence-electron chi connectivity index (χ4n) is 0.754. The highest BCUT2D eigenvalue weighted by atomic mass is 79.9. The lowest BCUT2D eigenvalue weighted by Crippen LogP contribution is -2.01. The van der Waals surface area contributed by atoms with Crippen molar-refractivity contribution in [3.8, 4) is 0 Å². The topological polar surface area (TPSA) is 46.2 Å². The van der Waals surface area contributed by atoms with Crippen LogP contribution in [0.4, 0.5) is 5.69 Å². The zero-order valence-corrected chi connectivity index (χ0v) is 8.64. The number of halogens is 1. The van der Waals surface area contributed by atoms with Crippen molar-refractivity contribution in [2.24, 2.45) is 0 Å². The minimum absolute atomic E-state index is 0.0220. The molecule has 0 aliphatic heterocycles. The van der Waals surface area contributed by atoms with Crippen LogP contribution >= 0.6 is 15.9 Å². The van der Waals surface area contributed by atoms with Crippen molar-refractivity contribution in [1.29, 1.82) is 0 Å². The lowest BCUT2D eigenvalue weighted by molar-refractivity contribution is 0.616. The second-order valence-electron chi connectivity index (χ2n) is 2.18. The molecule has 0 atom stereocenters. The van der Waals surface area contributed by atoms with Crippen molar-refractivity contribution in [3.63, 3.8) is 0 Å². The lowest BCUT2D eigenvalue weighted by atomic mass is 10.3. The maximum absolute atomic E-state index is 10.2. The third-order valence-electron chi connectivity index (χ3n) is 1.24. The number of hydrogen-bond acceptors (Lipinski definition) is 3. The van der Waals surface area contributed by atoms with Crippen LogP contribution in [0.5, 0.6) is 0 Å². The molecule has 1 aromatic carbocycles. The first kappa shape index (κ1) is 9.54. The van der Waals surface area contributed by atoms with E-state index < -0.39 is 10.7 Å². The van der Waals surface area contributed by atoms with Gasteiger partial charge in [0.05, 0.1) is 0 Å². The number of thiol groups is 1. The molecule has 0 heterocycles. The largest absolute Gasteiger partial charge is 0.372 e. The molecule has 0 fully saturated rings. The Labute approximate surface area is 80.9 Å². The van der Waals surface area contributed by atoms with E-state index in [9.17, 15) is 8.42 Å². The molecule has 0 spiro atoms. The quantitative estimate of drug-likeness (QED) is 0.798. The Bertz CT molecular complexity index is 330. The highest BCUT2D eigenvalue weighted by molar-refractivity contribution is 9.10. The van der Waals surface area contributed by atoms with Gasteiger partial charge >= 0.3 is 0 Å². The summed E-state index contributed by atoms with van der Waals surface area (Å²) in [5, 5.41) is 2.76. The molecule has 0 aromatic heterocycles. The molecule has 1 rings (SSSR count). The fourth-order valence-corrected chi connectivity index (χ4v) is 1.47. The van der Waals surface area contributed by atoms with E-state index in [4.69, 9.17) is 0 Å². The molecule has 0 unspecified atom stereocenters. The predicted octanol–water partition coefficient (Wildman–Crippen LogP) is 1.43. The molecule has 0 amide bonds. The predicted molar refractivity (Wildman–Crippen MR) is 52.9 cm³/mol. The lowest BCUT2D eigenvalue weighted by Gasteiger charge is -2.01. The molecule has 0 aliphatic carbocycles. The van der Waals surface area contributed by atoms with E-state index in [1.54, 1.807) is 0 Å². The first-order valence-corrected chi connectivity index (χ1v) is 5.45. The van der Waals surface area contributed by atoms with Gasteiger partial charge < -0.3 is 5.32 Å². The summed E-state index contributed by atoms with van der Waals surface area (Å²) in [6.07, 6.45) is 0. The van der Waals surface area contributed by atoms with E-state index in [1.165, 1.54) is 0 Å². The molecule has 0 aliphatic rings. The first-order valence-electron chi connectivity index (χ1n) is 3.30. The maximum atomic E-state index is 10.2. The summed E-state index contributed by atoms with van der Waals surface area (Å²) in [6.45, 7) is 0. The first-order chi connectivity index (χ1) is 5.68. The molecule has 5 heteroatoms. The van der Waals surface area contributed by atoms with Crippen molar-refractivity contribution < 1.29 is 8.42 Å². The van der Waals surface area contributed by atoms with Gasteiger partial charge in [-0.2, -0.15) is 0 Å². The number of nitrogens with one attached hydrogen (secondary N) is 1. The fraction of sp³-hybridized carbons (Fsp3) is 0.143. The van der Waals surface area contributed by atoms with E-state index in [-0.39, 0.29) is 5.88 Å². The van der Waals surface area contributed by atoms with Crippen molar-refractivity contribution >= 4 is 32.3 Å². The summed E-state index contributed by atoms with van der Waals surface area (Å²) < 4.78 is 21.4. The molecule has 3 nitrogen and oxygen atoms in total. The van der Waals surface area contributed by atoms with Crippen LogP contribution in [-0.2, 0) is 10.7 Å². The van der Waals surface area contributed by atoms with Gasteiger partial charge in [0.15, 0.2) is 10.7 Å². The van der Waals surface area contributed by atoms with Gasteiger partial charge in [0, 0.05) is 10.2 Å². The third-order valence-corrected chi connectivity index (χ3v) is 2.15. The summed E-state index contributed by atoms with van der Waals surface area (Å²) in [7, 11) is -2.36. The van der Waals surface area contributed by atoms with Crippen LogP contribution in [0.2, 0.25) is 0 Å². The van der Waals surface area contributed by atoms with Crippen molar-refractivity contribution in [2.75, 3.05) is 11.2 Å². The Hall–Kier alpha value is -0.550. The van der Waals surface area contributed by atoms with Crippen LogP contribution in [0, 0.1) is 0 Å². The SMILES string of the molecule is O=[SH](=O)CNc1cccc(Br)c1. The monoisotopic (exact) mass is 249 g/mol. The highest BCUT2D eigenvalue weighted by Crippen LogP contribution is 2.14. The Morgan fingerprint density at radius 1 is 1.42 bits per heavy atom. The number of hydrogen-bond donors (Lipinski definition) is 2. The zero-order valence-electron chi connectivity index (χ0n) is 6.16. The average Bonchev–Trinajstić information content (AvgIpc) is 2.01. The zero-order chi connectivity index (χ0) is 8.97. The van der Waals surface area contributed by atoms with Crippen molar-refractivity contribution in [3.05, 3.63) is 28.7 Å². The standard InChI is InChI=1S/C7H8BrNO2S/c8-6-2-1-3-7(4-6)9-5-12(10)11/h1-4,9,12H,5H2. The van der Waals surface area contributed by atoms with Gasteiger partial charge in [-0.25, -0.2) is 8.42 Å². The molecule has 1 N–H and O–H groups in total. The number of anilines is 1. The molecule has 66 valence electrons. The average molecular weight is 250 g/mol. The molecule has 0 bridgehead atoms. The molecule has 0 saturated carbocycles. The van der Waals surface area contributed by atoms with Crippen molar-refractivity contribution in [2.45, 2.75) is 0 Å².